The van der Waals surface area contributed by atoms with Gasteiger partial charge in [-0.1, -0.05) is 0 Å². The quantitative estimate of drug-likeness (QED) is 0.652. The van der Waals surface area contributed by atoms with Crippen LogP contribution < -0.4 is 0 Å². The van der Waals surface area contributed by atoms with Crippen LogP contribution >= 0.6 is 0 Å². The Morgan fingerprint density at radius 2 is 2.50 bits per heavy atom. The van der Waals surface area contributed by atoms with Gasteiger partial charge in [0.15, 0.2) is 5.69 Å². The molecule has 2 rings (SSSR count). The largest absolute Gasteiger partial charge is 0.476 e. The van der Waals surface area contributed by atoms with Crippen LogP contribution in [0.4, 0.5) is 0 Å². The predicted molar refractivity (Wildman–Crippen MR) is 41.2 cm³/mol. The van der Waals surface area contributed by atoms with E-state index in [0.717, 1.165) is 5.69 Å². The van der Waals surface area contributed by atoms with Crippen LogP contribution in [0.1, 0.15) is 16.2 Å². The number of imidazole rings is 1. The Bertz CT molecular complexity index is 409. The maximum absolute atomic E-state index is 10.5. The third-order valence-corrected chi connectivity index (χ3v) is 1.60. The second-order valence-electron chi connectivity index (χ2n) is 2.60. The number of aromatic amines is 1. The normalized spacial score (nSPS) is 10.8. The molecule has 0 atom stereocenters. The number of aromatic nitrogens is 3. The summed E-state index contributed by atoms with van der Waals surface area (Å²) in [5, 5.41) is 12.4. The number of aryl methyl sites for hydroxylation is 1. The third-order valence-electron chi connectivity index (χ3n) is 1.60. The van der Waals surface area contributed by atoms with Crippen molar-refractivity contribution in [1.29, 1.82) is 0 Å². The van der Waals surface area contributed by atoms with Gasteiger partial charge in [0.2, 0.25) is 0 Å². The van der Waals surface area contributed by atoms with E-state index in [0.29, 0.717) is 5.65 Å². The van der Waals surface area contributed by atoms with Gasteiger partial charge in [0.05, 0.1) is 0 Å². The van der Waals surface area contributed by atoms with Crippen molar-refractivity contribution in [2.45, 2.75) is 6.92 Å². The fourth-order valence-corrected chi connectivity index (χ4v) is 1.11. The van der Waals surface area contributed by atoms with Crippen molar-refractivity contribution in [3.63, 3.8) is 0 Å². The lowest BCUT2D eigenvalue weighted by Gasteiger charge is -1.81. The number of carboxylic acid groups (broad SMARTS) is 1. The standard InChI is InChI=1S/C7H7N3O2/c1-4-3-10-6(8-4)2-5(9-10)7(11)12/h2-3,8H,1H3,(H,11,12). The van der Waals surface area contributed by atoms with Crippen molar-refractivity contribution >= 4 is 11.6 Å². The summed E-state index contributed by atoms with van der Waals surface area (Å²) in [6.45, 7) is 1.88. The van der Waals surface area contributed by atoms with Crippen molar-refractivity contribution < 1.29 is 9.90 Å². The Morgan fingerprint density at radius 3 is 3.08 bits per heavy atom. The first-order chi connectivity index (χ1) is 5.66. The Balaban J connectivity index is 2.64. The van der Waals surface area contributed by atoms with Crippen molar-refractivity contribution in [2.24, 2.45) is 0 Å². The van der Waals surface area contributed by atoms with Crippen molar-refractivity contribution in [3.8, 4) is 0 Å². The molecule has 0 aliphatic carbocycles. The van der Waals surface area contributed by atoms with Crippen LogP contribution in [0.5, 0.6) is 0 Å². The van der Waals surface area contributed by atoms with Gasteiger partial charge in [-0.25, -0.2) is 9.31 Å². The summed E-state index contributed by atoms with van der Waals surface area (Å²) < 4.78 is 1.51. The van der Waals surface area contributed by atoms with E-state index < -0.39 is 5.97 Å². The highest BCUT2D eigenvalue weighted by Gasteiger charge is 2.09. The van der Waals surface area contributed by atoms with Gasteiger partial charge in [-0.3, -0.25) is 0 Å². The van der Waals surface area contributed by atoms with Crippen molar-refractivity contribution in [2.75, 3.05) is 0 Å². The van der Waals surface area contributed by atoms with E-state index in [9.17, 15) is 4.79 Å². The SMILES string of the molecule is Cc1cn2nc(C(=O)O)cc2[nH]1. The predicted octanol–water partition coefficient (Wildman–Crippen LogP) is 0.669. The molecular formula is C7H7N3O2. The molecule has 2 aromatic heterocycles. The van der Waals surface area contributed by atoms with Crippen LogP contribution in [-0.4, -0.2) is 25.7 Å². The number of nitrogens with zero attached hydrogens (tertiary/aromatic N) is 2. The Labute approximate surface area is 67.6 Å². The second-order valence-corrected chi connectivity index (χ2v) is 2.60. The van der Waals surface area contributed by atoms with Crippen molar-refractivity contribution in [3.05, 3.63) is 23.7 Å². The molecule has 2 aromatic rings. The van der Waals surface area contributed by atoms with Gasteiger partial charge in [0, 0.05) is 18.0 Å². The zero-order valence-electron chi connectivity index (χ0n) is 6.40. The summed E-state index contributed by atoms with van der Waals surface area (Å²) in [7, 11) is 0. The molecule has 0 aromatic carbocycles. The van der Waals surface area contributed by atoms with Gasteiger partial charge >= 0.3 is 5.97 Å². The molecule has 0 bridgehead atoms. The average molecular weight is 165 g/mol. The van der Waals surface area contributed by atoms with E-state index in [1.165, 1.54) is 10.6 Å². The smallest absolute Gasteiger partial charge is 0.356 e. The van der Waals surface area contributed by atoms with E-state index in [1.807, 2.05) is 6.92 Å². The first kappa shape index (κ1) is 6.90. The minimum Gasteiger partial charge on any atom is -0.476 e. The van der Waals surface area contributed by atoms with E-state index in [2.05, 4.69) is 10.1 Å². The molecule has 0 radical (unpaired) electrons. The Kier molecular flexibility index (Phi) is 1.21. The summed E-state index contributed by atoms with van der Waals surface area (Å²) in [4.78, 5) is 13.4. The molecule has 12 heavy (non-hydrogen) atoms. The summed E-state index contributed by atoms with van der Waals surface area (Å²) in [6.07, 6.45) is 1.74. The average Bonchev–Trinajstić information content (AvgIpc) is 2.42. The van der Waals surface area contributed by atoms with Gasteiger partial charge in [0.25, 0.3) is 0 Å². The number of carboxylic acids is 1. The number of fused-ring (bicyclic) bond motifs is 1. The maximum Gasteiger partial charge on any atom is 0.356 e. The molecule has 0 aliphatic heterocycles. The van der Waals surface area contributed by atoms with Crippen LogP contribution in [0.3, 0.4) is 0 Å². The number of H-pyrrole nitrogens is 1. The molecule has 0 saturated carbocycles. The summed E-state index contributed by atoms with van der Waals surface area (Å²) >= 11 is 0. The lowest BCUT2D eigenvalue weighted by Crippen LogP contribution is -1.96. The number of rotatable bonds is 1. The number of hydrogen-bond donors (Lipinski definition) is 2. The molecule has 2 heterocycles. The highest BCUT2D eigenvalue weighted by molar-refractivity contribution is 5.86. The van der Waals surface area contributed by atoms with Gasteiger partial charge in [-0.2, -0.15) is 5.10 Å². The lowest BCUT2D eigenvalue weighted by molar-refractivity contribution is 0.0690. The molecule has 0 aliphatic rings. The molecule has 5 heteroatoms. The molecular weight excluding hydrogens is 158 g/mol. The Morgan fingerprint density at radius 1 is 1.75 bits per heavy atom. The minimum atomic E-state index is -1.01. The number of carbonyl (C=O) groups is 1. The summed E-state index contributed by atoms with van der Waals surface area (Å²) in [5.74, 6) is -1.01. The molecule has 0 amide bonds. The monoisotopic (exact) mass is 165 g/mol. The van der Waals surface area contributed by atoms with Gasteiger partial charge in [0.1, 0.15) is 5.65 Å². The van der Waals surface area contributed by atoms with Gasteiger partial charge in [-0.05, 0) is 6.92 Å². The van der Waals surface area contributed by atoms with Crippen LogP contribution in [-0.2, 0) is 0 Å². The van der Waals surface area contributed by atoms with E-state index in [-0.39, 0.29) is 5.69 Å². The maximum atomic E-state index is 10.5. The summed E-state index contributed by atoms with van der Waals surface area (Å²) in [6, 6.07) is 1.50. The number of aromatic carboxylic acids is 1. The van der Waals surface area contributed by atoms with Crippen LogP contribution in [0.15, 0.2) is 12.3 Å². The van der Waals surface area contributed by atoms with E-state index >= 15 is 0 Å². The van der Waals surface area contributed by atoms with E-state index in [1.54, 1.807) is 6.20 Å². The zero-order valence-corrected chi connectivity index (χ0v) is 6.40. The van der Waals surface area contributed by atoms with E-state index in [4.69, 9.17) is 5.11 Å². The zero-order chi connectivity index (χ0) is 8.72. The first-order valence-electron chi connectivity index (χ1n) is 3.45. The molecule has 0 unspecified atom stereocenters. The van der Waals surface area contributed by atoms with Gasteiger partial charge in [-0.15, -0.1) is 0 Å². The van der Waals surface area contributed by atoms with Crippen molar-refractivity contribution in [1.82, 2.24) is 14.6 Å². The summed E-state index contributed by atoms with van der Waals surface area (Å²) in [5.41, 5.74) is 1.71. The molecule has 5 nitrogen and oxygen atoms in total. The van der Waals surface area contributed by atoms with Gasteiger partial charge < -0.3 is 10.1 Å². The fraction of sp³-hybridized carbons (Fsp3) is 0.143. The molecule has 0 spiro atoms. The third kappa shape index (κ3) is 0.868. The Hall–Kier alpha value is -1.78. The molecule has 62 valence electrons. The highest BCUT2D eigenvalue weighted by atomic mass is 16.4. The molecule has 2 N–H and O–H groups in total. The topological polar surface area (TPSA) is 70.4 Å². The molecule has 0 fully saturated rings. The van der Waals surface area contributed by atoms with Crippen LogP contribution in [0, 0.1) is 6.92 Å². The number of hydrogen-bond acceptors (Lipinski definition) is 2. The fourth-order valence-electron chi connectivity index (χ4n) is 1.11. The van der Waals surface area contributed by atoms with Crippen LogP contribution in [0.25, 0.3) is 5.65 Å². The lowest BCUT2D eigenvalue weighted by atomic mass is 10.4. The first-order valence-corrected chi connectivity index (χ1v) is 3.45. The molecule has 0 saturated heterocycles. The highest BCUT2D eigenvalue weighted by Crippen LogP contribution is 2.05. The second kappa shape index (κ2) is 2.10. The minimum absolute atomic E-state index is 0.0567. The van der Waals surface area contributed by atoms with Crippen LogP contribution in [0.2, 0.25) is 0 Å². The number of nitrogens with one attached hydrogen (secondary N) is 1.